The lowest BCUT2D eigenvalue weighted by molar-refractivity contribution is -0.488. The van der Waals surface area contributed by atoms with Crippen LogP contribution in [0.4, 0.5) is 87.8 Å². The van der Waals surface area contributed by atoms with Gasteiger partial charge in [0.1, 0.15) is 0 Å². The summed E-state index contributed by atoms with van der Waals surface area (Å²) in [5.41, 5.74) is 0. The Labute approximate surface area is 159 Å². The summed E-state index contributed by atoms with van der Waals surface area (Å²) in [6.45, 7) is 0. The maximum atomic E-state index is 13.2. The minimum atomic E-state index is -9.16. The molecule has 2 N–H and O–H groups in total. The van der Waals surface area contributed by atoms with Crippen molar-refractivity contribution in [2.24, 2.45) is 0 Å². The Morgan fingerprint density at radius 3 is 0.562 bits per heavy atom. The molecule has 0 aromatic carbocycles. The summed E-state index contributed by atoms with van der Waals surface area (Å²) in [7, 11) is 0. The van der Waals surface area contributed by atoms with Crippen LogP contribution in [0.25, 0.3) is 0 Å². The number of aliphatic hydroxyl groups is 2. The van der Waals surface area contributed by atoms with Crippen molar-refractivity contribution < 1.29 is 98.0 Å². The van der Waals surface area contributed by atoms with Crippen LogP contribution in [0, 0.1) is 0 Å². The molecule has 0 saturated carbocycles. The number of rotatable bonds is 8. The fourth-order valence-electron chi connectivity index (χ4n) is 1.56. The van der Waals surface area contributed by atoms with Gasteiger partial charge in [0.25, 0.3) is 0 Å². The summed E-state index contributed by atoms with van der Waals surface area (Å²) in [5.74, 6) is -70.3. The average molecular weight is 534 g/mol. The van der Waals surface area contributed by atoms with Gasteiger partial charge in [-0.3, -0.25) is 0 Å². The number of hydrogen-bond acceptors (Lipinski definition) is 2. The van der Waals surface area contributed by atoms with Gasteiger partial charge < -0.3 is 10.2 Å². The molecule has 0 fully saturated rings. The molecule has 22 heteroatoms. The lowest BCUT2D eigenvalue weighted by Crippen LogP contribution is -2.77. The van der Waals surface area contributed by atoms with E-state index in [-0.39, 0.29) is 0 Å². The lowest BCUT2D eigenvalue weighted by Gasteiger charge is -2.44. The van der Waals surface area contributed by atoms with Gasteiger partial charge in [-0.2, -0.15) is 87.8 Å². The maximum Gasteiger partial charge on any atom is 0.460 e. The summed E-state index contributed by atoms with van der Waals surface area (Å²) in [5, 5.41) is 15.2. The second-order valence-electron chi connectivity index (χ2n) is 5.68. The van der Waals surface area contributed by atoms with E-state index in [2.05, 4.69) is 0 Å². The number of hydrogen-bond donors (Lipinski definition) is 2. The molecule has 0 unspecified atom stereocenters. The van der Waals surface area contributed by atoms with Crippen LogP contribution in [0.2, 0.25) is 0 Å². The highest BCUT2D eigenvalue weighted by atomic mass is 19.4. The molecule has 0 aromatic rings. The molecular weight excluding hydrogens is 532 g/mol. The minimum absolute atomic E-state index is 7.03. The van der Waals surface area contributed by atoms with E-state index in [1.807, 2.05) is 0 Å². The molecule has 32 heavy (non-hydrogen) atoms. The van der Waals surface area contributed by atoms with E-state index in [0.717, 1.165) is 0 Å². The SMILES string of the molecule is OC(O)(F)C(F)(F)C(F)(F)C(F)(F)C(F)(F)C(F)(F)C(F)(F)C(F)(F)C(F)(F)C(F)(F)F. The fourth-order valence-corrected chi connectivity index (χ4v) is 1.56. The van der Waals surface area contributed by atoms with Crippen molar-refractivity contribution in [1.29, 1.82) is 0 Å². The van der Waals surface area contributed by atoms with Crippen LogP contribution >= 0.6 is 0 Å². The van der Waals surface area contributed by atoms with Crippen LogP contribution in [0.3, 0.4) is 0 Å². The van der Waals surface area contributed by atoms with Gasteiger partial charge in [0.15, 0.2) is 0 Å². The zero-order chi connectivity index (χ0) is 27.0. The van der Waals surface area contributed by atoms with Gasteiger partial charge in [-0.05, 0) is 0 Å². The molecule has 0 rings (SSSR count). The monoisotopic (exact) mass is 534 g/mol. The normalized spacial score (nSPS) is 17.1. The number of halogens is 20. The maximum absolute atomic E-state index is 13.2. The van der Waals surface area contributed by atoms with Crippen LogP contribution in [0.15, 0.2) is 0 Å². The van der Waals surface area contributed by atoms with Crippen molar-refractivity contribution in [1.82, 2.24) is 0 Å². The van der Waals surface area contributed by atoms with E-state index in [1.165, 1.54) is 0 Å². The topological polar surface area (TPSA) is 40.5 Å². The average Bonchev–Trinajstić information content (AvgIpc) is 2.51. The van der Waals surface area contributed by atoms with Crippen molar-refractivity contribution >= 4 is 0 Å². The van der Waals surface area contributed by atoms with Crippen molar-refractivity contribution in [3.63, 3.8) is 0 Å². The summed E-state index contributed by atoms with van der Waals surface area (Å²) in [6.07, 6.45) is -7.99. The van der Waals surface area contributed by atoms with E-state index >= 15 is 0 Å². The van der Waals surface area contributed by atoms with E-state index in [1.54, 1.807) is 0 Å². The molecule has 0 saturated heterocycles. The Balaban J connectivity index is 7.00. The van der Waals surface area contributed by atoms with Gasteiger partial charge in [0.2, 0.25) is 0 Å². The standard InChI is InChI=1S/C10H2F20O2/c11-1(12,3(15,16)5(19,20)7(23,24)9(27,28)29)2(13,14)4(17,18)6(21,22)8(25,26)10(30,31)32/h31-32H. The third-order valence-electron chi connectivity index (χ3n) is 3.52. The van der Waals surface area contributed by atoms with Crippen LogP contribution < -0.4 is 0 Å². The second kappa shape index (κ2) is 7.01. The molecule has 0 aromatic heterocycles. The first-order valence-electron chi connectivity index (χ1n) is 6.48. The van der Waals surface area contributed by atoms with E-state index in [4.69, 9.17) is 10.2 Å². The van der Waals surface area contributed by atoms with E-state index in [9.17, 15) is 87.8 Å². The molecule has 0 aliphatic carbocycles. The summed E-state index contributed by atoms with van der Waals surface area (Å²) < 4.78 is 255. The Morgan fingerprint density at radius 2 is 0.406 bits per heavy atom. The highest BCUT2D eigenvalue weighted by molar-refractivity contribution is 5.17. The first-order valence-corrected chi connectivity index (χ1v) is 6.48. The molecule has 0 spiro atoms. The first-order chi connectivity index (χ1) is 13.2. The summed E-state index contributed by atoms with van der Waals surface area (Å²) in [4.78, 5) is 0. The molecule has 2 nitrogen and oxygen atoms in total. The van der Waals surface area contributed by atoms with Gasteiger partial charge in [0, 0.05) is 0 Å². The quantitative estimate of drug-likeness (QED) is 0.331. The highest BCUT2D eigenvalue weighted by Gasteiger charge is 2.97. The smallest absolute Gasteiger partial charge is 0.335 e. The predicted molar refractivity (Wildman–Crippen MR) is 53.9 cm³/mol. The van der Waals surface area contributed by atoms with Crippen molar-refractivity contribution in [3.05, 3.63) is 0 Å². The molecule has 0 bridgehead atoms. The Kier molecular flexibility index (Phi) is 6.69. The van der Waals surface area contributed by atoms with Gasteiger partial charge in [-0.15, -0.1) is 0 Å². The zero-order valence-electron chi connectivity index (χ0n) is 13.5. The van der Waals surface area contributed by atoms with Gasteiger partial charge in [-0.25, -0.2) is 0 Å². The predicted octanol–water partition coefficient (Wildman–Crippen LogP) is 5.24. The molecule has 0 aliphatic rings. The lowest BCUT2D eigenvalue weighted by atomic mass is 9.87. The molecule has 0 aliphatic heterocycles. The van der Waals surface area contributed by atoms with Crippen LogP contribution in [0.5, 0.6) is 0 Å². The molecular formula is C10H2F20O2. The van der Waals surface area contributed by atoms with Crippen molar-refractivity contribution in [2.75, 3.05) is 0 Å². The molecule has 0 heterocycles. The summed E-state index contributed by atoms with van der Waals surface area (Å²) >= 11 is 0. The van der Waals surface area contributed by atoms with Gasteiger partial charge in [0.05, 0.1) is 0 Å². The Morgan fingerprint density at radius 1 is 0.250 bits per heavy atom. The van der Waals surface area contributed by atoms with Crippen LogP contribution in [-0.4, -0.2) is 69.8 Å². The molecule has 0 atom stereocenters. The first kappa shape index (κ1) is 30.5. The molecule has 0 radical (unpaired) electrons. The largest absolute Gasteiger partial charge is 0.460 e. The Bertz CT molecular complexity index is 636. The van der Waals surface area contributed by atoms with Crippen LogP contribution in [0.1, 0.15) is 0 Å². The zero-order valence-corrected chi connectivity index (χ0v) is 13.5. The summed E-state index contributed by atoms with van der Waals surface area (Å²) in [6, 6.07) is -7.03. The van der Waals surface area contributed by atoms with Gasteiger partial charge in [-0.1, -0.05) is 0 Å². The third-order valence-corrected chi connectivity index (χ3v) is 3.52. The Hall–Kier alpha value is -1.48. The van der Waals surface area contributed by atoms with Crippen LogP contribution in [-0.2, 0) is 0 Å². The van der Waals surface area contributed by atoms with E-state index in [0.29, 0.717) is 0 Å². The minimum Gasteiger partial charge on any atom is -0.335 e. The molecule has 0 amide bonds. The van der Waals surface area contributed by atoms with Gasteiger partial charge >= 0.3 is 59.6 Å². The second-order valence-corrected chi connectivity index (χ2v) is 5.68. The highest BCUT2D eigenvalue weighted by Crippen LogP contribution is 2.65. The van der Waals surface area contributed by atoms with Crippen molar-refractivity contribution in [2.45, 2.75) is 59.6 Å². The fraction of sp³-hybridized carbons (Fsp3) is 1.00. The van der Waals surface area contributed by atoms with Crippen molar-refractivity contribution in [3.8, 4) is 0 Å². The van der Waals surface area contributed by atoms with E-state index < -0.39 is 59.6 Å². The third kappa shape index (κ3) is 3.42. The molecule has 194 valence electrons. The number of alkyl halides is 20.